The van der Waals surface area contributed by atoms with E-state index < -0.39 is 0 Å². The van der Waals surface area contributed by atoms with E-state index in [1.54, 1.807) is 6.20 Å². The molecule has 1 unspecified atom stereocenters. The number of pyridine rings is 1. The van der Waals surface area contributed by atoms with Crippen LogP contribution < -0.4 is 11.3 Å². The minimum absolute atomic E-state index is 0.0510. The molecule has 1 aromatic carbocycles. The molecule has 5 heteroatoms. The molecule has 2 rings (SSSR count). The Hall–Kier alpha value is -0.940. The predicted octanol–water partition coefficient (Wildman–Crippen LogP) is 3.24. The lowest BCUT2D eigenvalue weighted by Crippen LogP contribution is -2.30. The molecule has 3 nitrogen and oxygen atoms in total. The molecular formula is C13H13BrClN3. The first-order valence-electron chi connectivity index (χ1n) is 5.51. The number of rotatable bonds is 4. The van der Waals surface area contributed by atoms with Crippen molar-refractivity contribution in [2.75, 3.05) is 0 Å². The van der Waals surface area contributed by atoms with Gasteiger partial charge in [-0.15, -0.1) is 0 Å². The van der Waals surface area contributed by atoms with Gasteiger partial charge < -0.3 is 0 Å². The number of hydrogen-bond acceptors (Lipinski definition) is 3. The molecule has 1 aromatic heterocycles. The van der Waals surface area contributed by atoms with Crippen LogP contribution in [0.15, 0.2) is 47.1 Å². The molecular weight excluding hydrogens is 314 g/mol. The van der Waals surface area contributed by atoms with E-state index in [9.17, 15) is 0 Å². The van der Waals surface area contributed by atoms with Crippen molar-refractivity contribution < 1.29 is 0 Å². The average molecular weight is 327 g/mol. The molecule has 1 heterocycles. The van der Waals surface area contributed by atoms with E-state index >= 15 is 0 Å². The third-order valence-corrected chi connectivity index (χ3v) is 3.53. The Balaban J connectivity index is 2.21. The zero-order chi connectivity index (χ0) is 13.0. The van der Waals surface area contributed by atoms with Crippen molar-refractivity contribution in [1.82, 2.24) is 10.4 Å². The van der Waals surface area contributed by atoms with Crippen LogP contribution in [-0.4, -0.2) is 4.98 Å². The summed E-state index contributed by atoms with van der Waals surface area (Å²) in [4.78, 5) is 4.30. The fourth-order valence-corrected chi connectivity index (χ4v) is 2.49. The van der Waals surface area contributed by atoms with E-state index in [0.29, 0.717) is 6.42 Å². The normalized spacial score (nSPS) is 12.4. The number of benzene rings is 1. The molecule has 0 fully saturated rings. The molecule has 0 bridgehead atoms. The van der Waals surface area contributed by atoms with E-state index in [0.717, 1.165) is 20.8 Å². The van der Waals surface area contributed by atoms with Crippen LogP contribution in [-0.2, 0) is 6.42 Å². The Kier molecular flexibility index (Phi) is 4.72. The van der Waals surface area contributed by atoms with Gasteiger partial charge in [0, 0.05) is 15.7 Å². The van der Waals surface area contributed by atoms with Crippen LogP contribution in [0.4, 0.5) is 0 Å². The molecule has 2 aromatic rings. The van der Waals surface area contributed by atoms with Gasteiger partial charge in [0.1, 0.15) is 0 Å². The Morgan fingerprint density at radius 3 is 2.78 bits per heavy atom. The van der Waals surface area contributed by atoms with Crippen molar-refractivity contribution in [2.24, 2.45) is 5.84 Å². The van der Waals surface area contributed by atoms with Gasteiger partial charge in [-0.25, -0.2) is 0 Å². The monoisotopic (exact) mass is 325 g/mol. The molecule has 0 radical (unpaired) electrons. The lowest BCUT2D eigenvalue weighted by molar-refractivity contribution is 0.538. The predicted molar refractivity (Wildman–Crippen MR) is 77.2 cm³/mol. The number of nitrogens with two attached hydrogens (primary N) is 1. The van der Waals surface area contributed by atoms with Crippen molar-refractivity contribution in [1.29, 1.82) is 0 Å². The van der Waals surface area contributed by atoms with Gasteiger partial charge in [0.05, 0.1) is 11.7 Å². The SMILES string of the molecule is NNC(Cc1ccc(Br)cc1Cl)c1ccccn1. The van der Waals surface area contributed by atoms with Gasteiger partial charge >= 0.3 is 0 Å². The third kappa shape index (κ3) is 3.29. The highest BCUT2D eigenvalue weighted by Gasteiger charge is 2.13. The summed E-state index contributed by atoms with van der Waals surface area (Å²) in [6, 6.07) is 11.5. The third-order valence-electron chi connectivity index (χ3n) is 2.69. The number of nitrogens with one attached hydrogen (secondary N) is 1. The van der Waals surface area contributed by atoms with Crippen LogP contribution >= 0.6 is 27.5 Å². The zero-order valence-electron chi connectivity index (χ0n) is 9.61. The zero-order valence-corrected chi connectivity index (χ0v) is 11.9. The minimum atomic E-state index is -0.0510. The van der Waals surface area contributed by atoms with Crippen molar-refractivity contribution in [3.63, 3.8) is 0 Å². The summed E-state index contributed by atoms with van der Waals surface area (Å²) in [5.74, 6) is 5.59. The van der Waals surface area contributed by atoms with Crippen molar-refractivity contribution in [2.45, 2.75) is 12.5 Å². The second-order valence-corrected chi connectivity index (χ2v) is 5.24. The summed E-state index contributed by atoms with van der Waals surface area (Å²) >= 11 is 9.59. The largest absolute Gasteiger partial charge is 0.271 e. The highest BCUT2D eigenvalue weighted by Crippen LogP contribution is 2.25. The number of nitrogens with zero attached hydrogens (tertiary/aromatic N) is 1. The van der Waals surface area contributed by atoms with E-state index in [2.05, 4.69) is 26.3 Å². The van der Waals surface area contributed by atoms with E-state index in [1.165, 1.54) is 0 Å². The van der Waals surface area contributed by atoms with Crippen LogP contribution in [0.1, 0.15) is 17.3 Å². The second-order valence-electron chi connectivity index (χ2n) is 3.91. The van der Waals surface area contributed by atoms with Gasteiger partial charge in [0.2, 0.25) is 0 Å². The first-order chi connectivity index (χ1) is 8.70. The lowest BCUT2D eigenvalue weighted by atomic mass is 10.0. The van der Waals surface area contributed by atoms with Crippen LogP contribution in [0.2, 0.25) is 5.02 Å². The Labute approximate surface area is 119 Å². The lowest BCUT2D eigenvalue weighted by Gasteiger charge is -2.16. The van der Waals surface area contributed by atoms with Gasteiger partial charge in [-0.2, -0.15) is 0 Å². The number of hydrazine groups is 1. The van der Waals surface area contributed by atoms with Gasteiger partial charge in [0.25, 0.3) is 0 Å². The van der Waals surface area contributed by atoms with Crippen LogP contribution in [0.3, 0.4) is 0 Å². The molecule has 0 aliphatic rings. The first-order valence-corrected chi connectivity index (χ1v) is 6.69. The molecule has 1 atom stereocenters. The molecule has 0 saturated heterocycles. The van der Waals surface area contributed by atoms with Gasteiger partial charge in [-0.3, -0.25) is 16.3 Å². The maximum absolute atomic E-state index is 6.20. The number of halogens is 2. The topological polar surface area (TPSA) is 50.9 Å². The summed E-state index contributed by atoms with van der Waals surface area (Å²) in [5, 5.41) is 0.723. The summed E-state index contributed by atoms with van der Waals surface area (Å²) in [7, 11) is 0. The summed E-state index contributed by atoms with van der Waals surface area (Å²) in [5.41, 5.74) is 4.71. The molecule has 0 spiro atoms. The van der Waals surface area contributed by atoms with Crippen molar-refractivity contribution in [3.05, 3.63) is 63.3 Å². The molecule has 94 valence electrons. The number of hydrogen-bond donors (Lipinski definition) is 2. The summed E-state index contributed by atoms with van der Waals surface area (Å²) in [6.45, 7) is 0. The maximum atomic E-state index is 6.20. The molecule has 0 aliphatic carbocycles. The summed E-state index contributed by atoms with van der Waals surface area (Å²) < 4.78 is 0.964. The Morgan fingerprint density at radius 1 is 1.33 bits per heavy atom. The molecule has 0 saturated carbocycles. The van der Waals surface area contributed by atoms with Crippen LogP contribution in [0.25, 0.3) is 0 Å². The highest BCUT2D eigenvalue weighted by molar-refractivity contribution is 9.10. The van der Waals surface area contributed by atoms with E-state index in [1.807, 2.05) is 36.4 Å². The maximum Gasteiger partial charge on any atom is 0.0672 e. The Morgan fingerprint density at radius 2 is 2.17 bits per heavy atom. The van der Waals surface area contributed by atoms with E-state index in [4.69, 9.17) is 17.4 Å². The number of aromatic nitrogens is 1. The second kappa shape index (κ2) is 6.29. The minimum Gasteiger partial charge on any atom is -0.271 e. The fraction of sp³-hybridized carbons (Fsp3) is 0.154. The van der Waals surface area contributed by atoms with Gasteiger partial charge in [0.15, 0.2) is 0 Å². The van der Waals surface area contributed by atoms with Crippen molar-refractivity contribution >= 4 is 27.5 Å². The first kappa shape index (κ1) is 13.5. The van der Waals surface area contributed by atoms with Gasteiger partial charge in [-0.1, -0.05) is 39.7 Å². The standard InChI is InChI=1S/C13H13BrClN3/c14-10-5-4-9(11(15)8-10)7-13(18-16)12-3-1-2-6-17-12/h1-6,8,13,18H,7,16H2. The fourth-order valence-electron chi connectivity index (χ4n) is 1.74. The van der Waals surface area contributed by atoms with Crippen LogP contribution in [0.5, 0.6) is 0 Å². The van der Waals surface area contributed by atoms with Gasteiger partial charge in [-0.05, 0) is 36.2 Å². The average Bonchev–Trinajstić information content (AvgIpc) is 2.39. The summed E-state index contributed by atoms with van der Waals surface area (Å²) in [6.07, 6.45) is 2.45. The van der Waals surface area contributed by atoms with E-state index in [-0.39, 0.29) is 6.04 Å². The quantitative estimate of drug-likeness (QED) is 0.670. The molecule has 3 N–H and O–H groups in total. The van der Waals surface area contributed by atoms with Crippen LogP contribution in [0, 0.1) is 0 Å². The Bertz CT molecular complexity index is 519. The highest BCUT2D eigenvalue weighted by atomic mass is 79.9. The molecule has 18 heavy (non-hydrogen) atoms. The van der Waals surface area contributed by atoms with Crippen molar-refractivity contribution in [3.8, 4) is 0 Å². The smallest absolute Gasteiger partial charge is 0.0672 e. The molecule has 0 aliphatic heterocycles. The molecule has 0 amide bonds.